The third kappa shape index (κ3) is 5.42. The van der Waals surface area contributed by atoms with Crippen molar-refractivity contribution in [1.29, 1.82) is 0 Å². The van der Waals surface area contributed by atoms with Gasteiger partial charge >= 0.3 is 0 Å². The Morgan fingerprint density at radius 3 is 2.59 bits per heavy atom. The minimum absolute atomic E-state index is 0.0144. The third-order valence-electron chi connectivity index (χ3n) is 2.19. The van der Waals surface area contributed by atoms with Crippen LogP contribution in [0.5, 0.6) is 0 Å². The molecule has 0 radical (unpaired) electrons. The molecule has 0 saturated carbocycles. The summed E-state index contributed by atoms with van der Waals surface area (Å²) < 4.78 is 23.0. The van der Waals surface area contributed by atoms with Gasteiger partial charge in [-0.25, -0.2) is 8.42 Å². The van der Waals surface area contributed by atoms with Crippen molar-refractivity contribution in [3.63, 3.8) is 0 Å². The zero-order valence-electron chi connectivity index (χ0n) is 9.81. The van der Waals surface area contributed by atoms with Crippen LogP contribution in [0.4, 0.5) is 0 Å². The smallest absolute Gasteiger partial charge is 0.148 e. The fraction of sp³-hybridized carbons (Fsp3) is 0.455. The van der Waals surface area contributed by atoms with Crippen LogP contribution in [0.3, 0.4) is 0 Å². The highest BCUT2D eigenvalue weighted by molar-refractivity contribution is 9.10. The van der Waals surface area contributed by atoms with Crippen LogP contribution < -0.4 is 5.73 Å². The molecule has 3 nitrogen and oxygen atoms in total. The molecule has 0 bridgehead atoms. The number of sulfone groups is 1. The molecular formula is C11H16BrNO2S2. The molecule has 0 aliphatic rings. The van der Waals surface area contributed by atoms with Crippen LogP contribution in [0.2, 0.25) is 0 Å². The maximum absolute atomic E-state index is 11.0. The maximum atomic E-state index is 11.0. The molecule has 17 heavy (non-hydrogen) atoms. The minimum atomic E-state index is -2.88. The normalized spacial score (nSPS) is 13.6. The number of hydrogen-bond acceptors (Lipinski definition) is 4. The van der Waals surface area contributed by atoms with Crippen molar-refractivity contribution in [2.24, 2.45) is 5.73 Å². The van der Waals surface area contributed by atoms with Gasteiger partial charge in [-0.15, -0.1) is 11.8 Å². The molecule has 1 atom stereocenters. The number of rotatable bonds is 5. The number of benzene rings is 1. The standard InChI is InChI=1S/C11H16BrNO2S2/c1-8(13)10-4-3-9(7-11(10)12)16-5-6-17(2,14)15/h3-4,7-8H,5-6,13H2,1-2H3. The largest absolute Gasteiger partial charge is 0.324 e. The molecule has 96 valence electrons. The third-order valence-corrected chi connectivity index (χ3v) is 5.07. The van der Waals surface area contributed by atoms with Gasteiger partial charge in [0.15, 0.2) is 0 Å². The van der Waals surface area contributed by atoms with Gasteiger partial charge in [-0.2, -0.15) is 0 Å². The molecule has 1 aromatic carbocycles. The van der Waals surface area contributed by atoms with E-state index in [0.717, 1.165) is 14.9 Å². The van der Waals surface area contributed by atoms with Crippen molar-refractivity contribution in [2.75, 3.05) is 17.8 Å². The van der Waals surface area contributed by atoms with E-state index >= 15 is 0 Å². The molecule has 0 amide bonds. The van der Waals surface area contributed by atoms with Crippen molar-refractivity contribution in [3.8, 4) is 0 Å². The van der Waals surface area contributed by atoms with Crippen molar-refractivity contribution in [3.05, 3.63) is 28.2 Å². The number of hydrogen-bond donors (Lipinski definition) is 1. The lowest BCUT2D eigenvalue weighted by Gasteiger charge is -2.10. The first-order valence-corrected chi connectivity index (χ1v) is 8.99. The van der Waals surface area contributed by atoms with E-state index in [4.69, 9.17) is 5.73 Å². The summed E-state index contributed by atoms with van der Waals surface area (Å²) in [6.07, 6.45) is 1.25. The molecule has 0 fully saturated rings. The topological polar surface area (TPSA) is 60.2 Å². The molecule has 0 aliphatic heterocycles. The molecule has 2 N–H and O–H groups in total. The molecule has 1 unspecified atom stereocenters. The fourth-order valence-electron chi connectivity index (χ4n) is 1.28. The average Bonchev–Trinajstić information content (AvgIpc) is 2.15. The lowest BCUT2D eigenvalue weighted by atomic mass is 10.1. The first-order chi connectivity index (χ1) is 7.79. The van der Waals surface area contributed by atoms with E-state index in [1.807, 2.05) is 25.1 Å². The summed E-state index contributed by atoms with van der Waals surface area (Å²) in [5.41, 5.74) is 6.86. The fourth-order valence-corrected chi connectivity index (χ4v) is 4.31. The Morgan fingerprint density at radius 2 is 2.12 bits per heavy atom. The number of nitrogens with two attached hydrogens (primary N) is 1. The van der Waals surface area contributed by atoms with E-state index in [1.165, 1.54) is 18.0 Å². The molecule has 6 heteroatoms. The maximum Gasteiger partial charge on any atom is 0.148 e. The van der Waals surface area contributed by atoms with Crippen molar-refractivity contribution in [2.45, 2.75) is 17.9 Å². The van der Waals surface area contributed by atoms with Crippen LogP contribution in [0.15, 0.2) is 27.6 Å². The SMILES string of the molecule is CC(N)c1ccc(SCCS(C)(=O)=O)cc1Br. The highest BCUT2D eigenvalue weighted by Crippen LogP contribution is 2.28. The van der Waals surface area contributed by atoms with Gasteiger partial charge in [0.25, 0.3) is 0 Å². The van der Waals surface area contributed by atoms with Gasteiger partial charge in [0, 0.05) is 27.4 Å². The monoisotopic (exact) mass is 337 g/mol. The first-order valence-electron chi connectivity index (χ1n) is 5.15. The number of halogens is 1. The zero-order valence-corrected chi connectivity index (χ0v) is 13.0. The first kappa shape index (κ1) is 15.0. The van der Waals surface area contributed by atoms with Crippen LogP contribution in [0.1, 0.15) is 18.5 Å². The Kier molecular flexibility index (Phi) is 5.50. The van der Waals surface area contributed by atoms with Crippen LogP contribution in [-0.2, 0) is 9.84 Å². The van der Waals surface area contributed by atoms with Crippen LogP contribution in [0, 0.1) is 0 Å². The van der Waals surface area contributed by atoms with Gasteiger partial charge in [-0.3, -0.25) is 0 Å². The predicted octanol–water partition coefficient (Wildman–Crippen LogP) is 2.61. The molecule has 0 saturated heterocycles. The van der Waals surface area contributed by atoms with Crippen molar-refractivity contribution < 1.29 is 8.42 Å². The van der Waals surface area contributed by atoms with Gasteiger partial charge in [-0.05, 0) is 24.6 Å². The van der Waals surface area contributed by atoms with Crippen LogP contribution in [0.25, 0.3) is 0 Å². The minimum Gasteiger partial charge on any atom is -0.324 e. The van der Waals surface area contributed by atoms with Gasteiger partial charge < -0.3 is 5.73 Å². The van der Waals surface area contributed by atoms with Gasteiger partial charge in [0.2, 0.25) is 0 Å². The quantitative estimate of drug-likeness (QED) is 0.839. The Balaban J connectivity index is 2.65. The van der Waals surface area contributed by atoms with Gasteiger partial charge in [-0.1, -0.05) is 22.0 Å². The Morgan fingerprint density at radius 1 is 1.47 bits per heavy atom. The van der Waals surface area contributed by atoms with Crippen molar-refractivity contribution in [1.82, 2.24) is 0 Å². The highest BCUT2D eigenvalue weighted by Gasteiger charge is 2.07. The highest BCUT2D eigenvalue weighted by atomic mass is 79.9. The summed E-state index contributed by atoms with van der Waals surface area (Å²) in [6, 6.07) is 5.90. The Labute approximate surface area is 115 Å². The molecule has 0 aliphatic carbocycles. The molecule has 0 spiro atoms. The molecule has 0 aromatic heterocycles. The second-order valence-electron chi connectivity index (χ2n) is 3.95. The molecule has 1 rings (SSSR count). The van der Waals surface area contributed by atoms with Gasteiger partial charge in [0.1, 0.15) is 9.84 Å². The predicted molar refractivity (Wildman–Crippen MR) is 77.2 cm³/mol. The molecule has 0 heterocycles. The van der Waals surface area contributed by atoms with Crippen molar-refractivity contribution >= 4 is 37.5 Å². The Hall–Kier alpha value is -0.0400. The summed E-state index contributed by atoms with van der Waals surface area (Å²) in [6.45, 7) is 1.93. The lowest BCUT2D eigenvalue weighted by Crippen LogP contribution is -2.06. The van der Waals surface area contributed by atoms with E-state index in [0.29, 0.717) is 5.75 Å². The Bertz CT molecular complexity index is 486. The summed E-state index contributed by atoms with van der Waals surface area (Å²) in [4.78, 5) is 1.05. The summed E-state index contributed by atoms with van der Waals surface area (Å²) in [7, 11) is -2.88. The van der Waals surface area contributed by atoms with E-state index in [1.54, 1.807) is 0 Å². The summed E-state index contributed by atoms with van der Waals surface area (Å²) in [5, 5.41) is 0. The zero-order chi connectivity index (χ0) is 13.1. The molecular weight excluding hydrogens is 322 g/mol. The summed E-state index contributed by atoms with van der Waals surface area (Å²) >= 11 is 5.00. The van der Waals surface area contributed by atoms with E-state index < -0.39 is 9.84 Å². The van der Waals surface area contributed by atoms with Crippen LogP contribution in [-0.4, -0.2) is 26.2 Å². The van der Waals surface area contributed by atoms with Gasteiger partial charge in [0.05, 0.1) is 5.75 Å². The summed E-state index contributed by atoms with van der Waals surface area (Å²) in [5.74, 6) is 0.771. The molecule has 1 aromatic rings. The number of thioether (sulfide) groups is 1. The van der Waals surface area contributed by atoms with E-state index in [9.17, 15) is 8.42 Å². The van der Waals surface area contributed by atoms with E-state index in [-0.39, 0.29) is 11.8 Å². The van der Waals surface area contributed by atoms with E-state index in [2.05, 4.69) is 15.9 Å². The lowest BCUT2D eigenvalue weighted by molar-refractivity contribution is 0.603. The second kappa shape index (κ2) is 6.22. The van der Waals surface area contributed by atoms with Crippen LogP contribution >= 0.6 is 27.7 Å². The second-order valence-corrected chi connectivity index (χ2v) is 8.23. The average molecular weight is 338 g/mol.